The fourth-order valence-corrected chi connectivity index (χ4v) is 4.11. The first-order chi connectivity index (χ1) is 14.8. The maximum absolute atomic E-state index is 13.2. The van der Waals surface area contributed by atoms with Gasteiger partial charge in [0.05, 0.1) is 17.6 Å². The Morgan fingerprint density at radius 3 is 2.39 bits per heavy atom. The van der Waals surface area contributed by atoms with Gasteiger partial charge in [-0.25, -0.2) is 8.42 Å². The number of aryl methyl sites for hydroxylation is 1. The van der Waals surface area contributed by atoms with E-state index in [9.17, 15) is 13.2 Å². The van der Waals surface area contributed by atoms with Gasteiger partial charge in [0.1, 0.15) is 0 Å². The van der Waals surface area contributed by atoms with Crippen LogP contribution >= 0.6 is 0 Å². The predicted octanol–water partition coefficient (Wildman–Crippen LogP) is 4.49. The molecule has 0 aliphatic rings. The summed E-state index contributed by atoms with van der Waals surface area (Å²) in [6.07, 6.45) is 3.04. The molecule has 0 radical (unpaired) electrons. The maximum Gasteiger partial charge on any atom is 0.256 e. The zero-order chi connectivity index (χ0) is 22.2. The van der Waals surface area contributed by atoms with Crippen LogP contribution in [-0.2, 0) is 17.1 Å². The fraction of sp³-hybridized carbons (Fsp3) is 0.125. The van der Waals surface area contributed by atoms with E-state index in [2.05, 4.69) is 5.32 Å². The summed E-state index contributed by atoms with van der Waals surface area (Å²) in [4.78, 5) is 13.2. The van der Waals surface area contributed by atoms with Crippen LogP contribution in [0.5, 0.6) is 0 Å². The number of benzene rings is 3. The number of rotatable bonds is 5. The summed E-state index contributed by atoms with van der Waals surface area (Å²) in [5.41, 5.74) is 4.13. The molecule has 3 aromatic carbocycles. The van der Waals surface area contributed by atoms with Crippen LogP contribution in [0.4, 0.5) is 11.4 Å². The normalized spacial score (nSPS) is 11.5. The van der Waals surface area contributed by atoms with Gasteiger partial charge in [0.2, 0.25) is 10.0 Å². The van der Waals surface area contributed by atoms with Crippen molar-refractivity contribution in [3.63, 3.8) is 0 Å². The lowest BCUT2D eigenvalue weighted by Crippen LogP contribution is -2.26. The lowest BCUT2D eigenvalue weighted by Gasteiger charge is -2.21. The second-order valence-electron chi connectivity index (χ2n) is 7.45. The highest BCUT2D eigenvalue weighted by atomic mass is 32.2. The molecule has 0 atom stereocenters. The summed E-state index contributed by atoms with van der Waals surface area (Å²) in [5.74, 6) is -0.301. The van der Waals surface area contributed by atoms with E-state index < -0.39 is 10.0 Å². The van der Waals surface area contributed by atoms with Crippen molar-refractivity contribution in [1.82, 2.24) is 4.57 Å². The summed E-state index contributed by atoms with van der Waals surface area (Å²) in [6.45, 7) is 0. The molecule has 0 unspecified atom stereocenters. The summed E-state index contributed by atoms with van der Waals surface area (Å²) in [5, 5.41) is 3.77. The highest BCUT2D eigenvalue weighted by molar-refractivity contribution is 7.92. The minimum Gasteiger partial charge on any atom is -0.351 e. The molecule has 0 aliphatic carbocycles. The van der Waals surface area contributed by atoms with Gasteiger partial charge in [0, 0.05) is 36.8 Å². The van der Waals surface area contributed by atoms with Crippen LogP contribution in [0, 0.1) is 0 Å². The van der Waals surface area contributed by atoms with Gasteiger partial charge in [-0.15, -0.1) is 0 Å². The Bertz CT molecular complexity index is 1380. The number of sulfonamides is 1. The van der Waals surface area contributed by atoms with Crippen LogP contribution in [0.2, 0.25) is 0 Å². The summed E-state index contributed by atoms with van der Waals surface area (Å²) >= 11 is 0. The number of amides is 1. The lowest BCUT2D eigenvalue weighted by molar-refractivity contribution is 0.102. The van der Waals surface area contributed by atoms with Gasteiger partial charge in [-0.05, 0) is 41.5 Å². The molecule has 4 rings (SSSR count). The highest BCUT2D eigenvalue weighted by Crippen LogP contribution is 2.33. The number of nitrogens with zero attached hydrogens (tertiary/aromatic N) is 2. The molecule has 0 bridgehead atoms. The van der Waals surface area contributed by atoms with Crippen molar-refractivity contribution in [2.45, 2.75) is 0 Å². The van der Waals surface area contributed by atoms with E-state index in [0.717, 1.165) is 28.3 Å². The average Bonchev–Trinajstić information content (AvgIpc) is 3.14. The van der Waals surface area contributed by atoms with Crippen LogP contribution in [0.3, 0.4) is 0 Å². The van der Waals surface area contributed by atoms with Crippen LogP contribution < -0.4 is 9.62 Å². The molecule has 31 heavy (non-hydrogen) atoms. The minimum absolute atomic E-state index is 0.301. The van der Waals surface area contributed by atoms with Crippen molar-refractivity contribution in [2.75, 3.05) is 22.9 Å². The standard InChI is InChI=1S/C24H23N3O3S/c1-26-15-14-19-20(10-7-11-22(19)26)24(28)25-21-16-18(17-8-5-4-6-9-17)12-13-23(21)27(2)31(3,29)30/h4-16H,1-3H3,(H,25,28). The van der Waals surface area contributed by atoms with Gasteiger partial charge in [-0.2, -0.15) is 0 Å². The third-order valence-corrected chi connectivity index (χ3v) is 6.55. The number of fused-ring (bicyclic) bond motifs is 1. The lowest BCUT2D eigenvalue weighted by atomic mass is 10.0. The molecule has 0 spiro atoms. The Balaban J connectivity index is 1.80. The van der Waals surface area contributed by atoms with Crippen molar-refractivity contribution in [3.05, 3.63) is 84.6 Å². The quantitative estimate of drug-likeness (QED) is 0.504. The Labute approximate surface area is 181 Å². The number of hydrogen-bond donors (Lipinski definition) is 1. The van der Waals surface area contributed by atoms with E-state index in [0.29, 0.717) is 16.9 Å². The Hall–Kier alpha value is -3.58. The fourth-order valence-electron chi connectivity index (χ4n) is 3.59. The zero-order valence-electron chi connectivity index (χ0n) is 17.5. The van der Waals surface area contributed by atoms with E-state index in [1.807, 2.05) is 72.4 Å². The van der Waals surface area contributed by atoms with Gasteiger partial charge in [-0.1, -0.05) is 42.5 Å². The molecule has 0 saturated carbocycles. The van der Waals surface area contributed by atoms with Crippen LogP contribution in [0.15, 0.2) is 79.0 Å². The number of anilines is 2. The van der Waals surface area contributed by atoms with Gasteiger partial charge in [0.15, 0.2) is 0 Å². The smallest absolute Gasteiger partial charge is 0.256 e. The van der Waals surface area contributed by atoms with Crippen LogP contribution in [0.25, 0.3) is 22.0 Å². The first kappa shape index (κ1) is 20.7. The number of carbonyl (C=O) groups excluding carboxylic acids is 1. The topological polar surface area (TPSA) is 71.4 Å². The predicted molar refractivity (Wildman–Crippen MR) is 126 cm³/mol. The van der Waals surface area contributed by atoms with E-state index in [1.165, 1.54) is 11.4 Å². The van der Waals surface area contributed by atoms with Crippen LogP contribution in [-0.4, -0.2) is 32.2 Å². The number of aromatic nitrogens is 1. The third-order valence-electron chi connectivity index (χ3n) is 5.36. The van der Waals surface area contributed by atoms with Crippen LogP contribution in [0.1, 0.15) is 10.4 Å². The van der Waals surface area contributed by atoms with E-state index >= 15 is 0 Å². The van der Waals surface area contributed by atoms with Crippen molar-refractivity contribution in [3.8, 4) is 11.1 Å². The monoisotopic (exact) mass is 433 g/mol. The van der Waals surface area contributed by atoms with Gasteiger partial charge in [0.25, 0.3) is 5.91 Å². The van der Waals surface area contributed by atoms with E-state index in [-0.39, 0.29) is 5.91 Å². The Kier molecular flexibility index (Phi) is 5.29. The number of hydrogen-bond acceptors (Lipinski definition) is 3. The summed E-state index contributed by atoms with van der Waals surface area (Å²) < 4.78 is 27.5. The molecule has 158 valence electrons. The second-order valence-corrected chi connectivity index (χ2v) is 9.46. The molecular weight excluding hydrogens is 410 g/mol. The molecule has 7 heteroatoms. The van der Waals surface area contributed by atoms with Gasteiger partial charge >= 0.3 is 0 Å². The second kappa shape index (κ2) is 7.92. The van der Waals surface area contributed by atoms with Crippen molar-refractivity contribution < 1.29 is 13.2 Å². The molecule has 6 nitrogen and oxygen atoms in total. The molecule has 0 saturated heterocycles. The first-order valence-electron chi connectivity index (χ1n) is 9.74. The number of nitrogens with one attached hydrogen (secondary N) is 1. The number of carbonyl (C=O) groups is 1. The summed E-state index contributed by atoms with van der Waals surface area (Å²) in [7, 11) is -0.113. The van der Waals surface area contributed by atoms with E-state index in [1.54, 1.807) is 18.2 Å². The SMILES string of the molecule is CN(c1ccc(-c2ccccc2)cc1NC(=O)c1cccc2c1ccn2C)S(C)(=O)=O. The largest absolute Gasteiger partial charge is 0.351 e. The van der Waals surface area contributed by atoms with Crippen molar-refractivity contribution >= 4 is 38.2 Å². The molecule has 1 aromatic heterocycles. The van der Waals surface area contributed by atoms with Crippen molar-refractivity contribution in [1.29, 1.82) is 0 Å². The zero-order valence-corrected chi connectivity index (χ0v) is 18.3. The highest BCUT2D eigenvalue weighted by Gasteiger charge is 2.19. The molecule has 4 aromatic rings. The molecule has 0 fully saturated rings. The molecule has 1 N–H and O–H groups in total. The Morgan fingerprint density at radius 2 is 1.68 bits per heavy atom. The first-order valence-corrected chi connectivity index (χ1v) is 11.6. The molecule has 0 aliphatic heterocycles. The molecule has 1 amide bonds. The maximum atomic E-state index is 13.2. The van der Waals surface area contributed by atoms with Gasteiger partial charge < -0.3 is 9.88 Å². The van der Waals surface area contributed by atoms with Gasteiger partial charge in [-0.3, -0.25) is 9.10 Å². The third kappa shape index (κ3) is 4.04. The average molecular weight is 434 g/mol. The van der Waals surface area contributed by atoms with Crippen molar-refractivity contribution in [2.24, 2.45) is 7.05 Å². The minimum atomic E-state index is -3.51. The molecule has 1 heterocycles. The Morgan fingerprint density at radius 1 is 0.935 bits per heavy atom. The summed E-state index contributed by atoms with van der Waals surface area (Å²) in [6, 6.07) is 22.5. The molecular formula is C24H23N3O3S. The van der Waals surface area contributed by atoms with E-state index in [4.69, 9.17) is 0 Å².